The number of aromatic nitrogens is 2. The second-order valence-corrected chi connectivity index (χ2v) is 2.74. The minimum Gasteiger partial charge on any atom is -0.388 e. The number of aliphatic hydroxyl groups excluding tert-OH is 1. The molecule has 62 valence electrons. The zero-order chi connectivity index (χ0) is 8.43. The van der Waals surface area contributed by atoms with E-state index in [-0.39, 0.29) is 6.61 Å². The molecule has 0 bridgehead atoms. The summed E-state index contributed by atoms with van der Waals surface area (Å²) >= 11 is 0. The molecule has 0 aliphatic rings. The summed E-state index contributed by atoms with van der Waals surface area (Å²) in [5.74, 6) is 1.08. The van der Waals surface area contributed by atoms with Crippen LogP contribution in [0, 0.1) is 0 Å². The number of nitrogen functional groups attached to an aromatic ring is 1. The van der Waals surface area contributed by atoms with Gasteiger partial charge in [-0.3, -0.25) is 0 Å². The summed E-state index contributed by atoms with van der Waals surface area (Å²) in [5, 5.41) is 8.84. The van der Waals surface area contributed by atoms with E-state index in [0.717, 1.165) is 0 Å². The van der Waals surface area contributed by atoms with Gasteiger partial charge in [-0.05, 0) is 13.8 Å². The van der Waals surface area contributed by atoms with Crippen LogP contribution in [0.4, 0.5) is 5.82 Å². The van der Waals surface area contributed by atoms with E-state index >= 15 is 0 Å². The molecule has 0 radical (unpaired) electrons. The second-order valence-electron chi connectivity index (χ2n) is 2.74. The molecule has 1 rings (SSSR count). The highest BCUT2D eigenvalue weighted by Crippen LogP contribution is 2.11. The first kappa shape index (κ1) is 8.07. The van der Waals surface area contributed by atoms with Gasteiger partial charge in [-0.2, -0.15) is 0 Å². The normalized spacial score (nSPS) is 10.9. The zero-order valence-electron chi connectivity index (χ0n) is 6.78. The van der Waals surface area contributed by atoms with Gasteiger partial charge < -0.3 is 15.4 Å². The van der Waals surface area contributed by atoms with Crippen molar-refractivity contribution < 1.29 is 5.11 Å². The molecule has 1 heterocycles. The van der Waals surface area contributed by atoms with E-state index in [1.807, 2.05) is 18.4 Å². The van der Waals surface area contributed by atoms with Gasteiger partial charge in [0.1, 0.15) is 18.2 Å². The van der Waals surface area contributed by atoms with Gasteiger partial charge in [-0.1, -0.05) is 0 Å². The first-order valence-corrected chi connectivity index (χ1v) is 3.59. The molecule has 0 unspecified atom stereocenters. The minimum atomic E-state index is -0.0601. The Labute approximate surface area is 65.7 Å². The molecule has 0 fully saturated rings. The molecule has 0 aromatic carbocycles. The number of imidazole rings is 1. The van der Waals surface area contributed by atoms with E-state index in [0.29, 0.717) is 17.7 Å². The van der Waals surface area contributed by atoms with Crippen LogP contribution in [0.15, 0.2) is 6.20 Å². The number of hydrogen-bond acceptors (Lipinski definition) is 3. The largest absolute Gasteiger partial charge is 0.388 e. The SMILES string of the molecule is CC(C)n1cc(N)nc1CO. The van der Waals surface area contributed by atoms with Crippen molar-refractivity contribution in [1.29, 1.82) is 0 Å². The van der Waals surface area contributed by atoms with Crippen LogP contribution in [0.25, 0.3) is 0 Å². The Morgan fingerprint density at radius 1 is 1.73 bits per heavy atom. The molecule has 0 aliphatic heterocycles. The summed E-state index contributed by atoms with van der Waals surface area (Å²) in [4.78, 5) is 3.94. The summed E-state index contributed by atoms with van der Waals surface area (Å²) in [6.07, 6.45) is 1.73. The molecule has 3 N–H and O–H groups in total. The van der Waals surface area contributed by atoms with Gasteiger partial charge in [0.05, 0.1) is 0 Å². The van der Waals surface area contributed by atoms with Crippen molar-refractivity contribution >= 4 is 5.82 Å². The maximum atomic E-state index is 8.84. The Balaban J connectivity index is 3.02. The van der Waals surface area contributed by atoms with Gasteiger partial charge in [0.25, 0.3) is 0 Å². The first-order chi connectivity index (χ1) is 5.15. The molecule has 4 nitrogen and oxygen atoms in total. The Morgan fingerprint density at radius 3 is 2.73 bits per heavy atom. The van der Waals surface area contributed by atoms with Crippen molar-refractivity contribution in [2.75, 3.05) is 5.73 Å². The van der Waals surface area contributed by atoms with Gasteiger partial charge >= 0.3 is 0 Å². The minimum absolute atomic E-state index is 0.0601. The van der Waals surface area contributed by atoms with Crippen LogP contribution in [-0.4, -0.2) is 14.7 Å². The number of aliphatic hydroxyl groups is 1. The van der Waals surface area contributed by atoms with E-state index in [1.165, 1.54) is 0 Å². The zero-order valence-corrected chi connectivity index (χ0v) is 6.78. The van der Waals surface area contributed by atoms with Gasteiger partial charge in [0.15, 0.2) is 0 Å². The third-order valence-electron chi connectivity index (χ3n) is 1.53. The van der Waals surface area contributed by atoms with Crippen LogP contribution in [-0.2, 0) is 6.61 Å². The number of hydrogen-bond donors (Lipinski definition) is 2. The highest BCUT2D eigenvalue weighted by Gasteiger charge is 2.06. The predicted octanol–water partition coefficient (Wildman–Crippen LogP) is 0.538. The third kappa shape index (κ3) is 1.51. The molecule has 0 saturated heterocycles. The van der Waals surface area contributed by atoms with Crippen molar-refractivity contribution in [3.8, 4) is 0 Å². The molecule has 0 aliphatic carbocycles. The summed E-state index contributed by atoms with van der Waals surface area (Å²) in [5.41, 5.74) is 5.45. The lowest BCUT2D eigenvalue weighted by atomic mass is 10.4. The van der Waals surface area contributed by atoms with Crippen LogP contribution in [0.1, 0.15) is 25.7 Å². The molecule has 11 heavy (non-hydrogen) atoms. The van der Waals surface area contributed by atoms with Crippen molar-refractivity contribution in [1.82, 2.24) is 9.55 Å². The van der Waals surface area contributed by atoms with Crippen molar-refractivity contribution in [2.24, 2.45) is 0 Å². The highest BCUT2D eigenvalue weighted by molar-refractivity contribution is 5.26. The lowest BCUT2D eigenvalue weighted by Gasteiger charge is -2.08. The van der Waals surface area contributed by atoms with Crippen LogP contribution >= 0.6 is 0 Å². The lowest BCUT2D eigenvalue weighted by molar-refractivity contribution is 0.262. The maximum Gasteiger partial charge on any atom is 0.142 e. The molecular weight excluding hydrogens is 142 g/mol. The topological polar surface area (TPSA) is 64.1 Å². The van der Waals surface area contributed by atoms with Crippen LogP contribution in [0.2, 0.25) is 0 Å². The second kappa shape index (κ2) is 2.92. The number of nitrogens with two attached hydrogens (primary N) is 1. The fraction of sp³-hybridized carbons (Fsp3) is 0.571. The van der Waals surface area contributed by atoms with E-state index in [2.05, 4.69) is 4.98 Å². The maximum absolute atomic E-state index is 8.84. The van der Waals surface area contributed by atoms with Crippen LogP contribution < -0.4 is 5.73 Å². The Morgan fingerprint density at radius 2 is 2.36 bits per heavy atom. The fourth-order valence-electron chi connectivity index (χ4n) is 1.02. The Hall–Kier alpha value is -1.03. The fourth-order valence-corrected chi connectivity index (χ4v) is 1.02. The number of anilines is 1. The van der Waals surface area contributed by atoms with E-state index in [9.17, 15) is 0 Å². The van der Waals surface area contributed by atoms with E-state index < -0.39 is 0 Å². The smallest absolute Gasteiger partial charge is 0.142 e. The van der Waals surface area contributed by atoms with Gasteiger partial charge in [0.2, 0.25) is 0 Å². The highest BCUT2D eigenvalue weighted by atomic mass is 16.3. The predicted molar refractivity (Wildman–Crippen MR) is 42.9 cm³/mol. The van der Waals surface area contributed by atoms with Crippen LogP contribution in [0.5, 0.6) is 0 Å². The third-order valence-corrected chi connectivity index (χ3v) is 1.53. The van der Waals surface area contributed by atoms with Gasteiger partial charge in [-0.15, -0.1) is 0 Å². The summed E-state index contributed by atoms with van der Waals surface area (Å²) < 4.78 is 1.86. The average molecular weight is 155 g/mol. The quantitative estimate of drug-likeness (QED) is 0.655. The Kier molecular flexibility index (Phi) is 2.14. The van der Waals surface area contributed by atoms with Gasteiger partial charge in [0, 0.05) is 12.2 Å². The molecule has 0 spiro atoms. The summed E-state index contributed by atoms with van der Waals surface area (Å²) in [6, 6.07) is 0.293. The average Bonchev–Trinajstić information content (AvgIpc) is 2.30. The number of rotatable bonds is 2. The molecule has 0 saturated carbocycles. The summed E-state index contributed by atoms with van der Waals surface area (Å²) in [7, 11) is 0. The molecular formula is C7H13N3O. The summed E-state index contributed by atoms with van der Waals surface area (Å²) in [6.45, 7) is 3.97. The lowest BCUT2D eigenvalue weighted by Crippen LogP contribution is -2.04. The molecule has 0 atom stereocenters. The first-order valence-electron chi connectivity index (χ1n) is 3.59. The standard InChI is InChI=1S/C7H13N3O/c1-5(2)10-3-6(8)9-7(10)4-11/h3,5,11H,4,8H2,1-2H3. The molecule has 1 aromatic rings. The molecule has 4 heteroatoms. The van der Waals surface area contributed by atoms with Crippen molar-refractivity contribution in [2.45, 2.75) is 26.5 Å². The monoisotopic (exact) mass is 155 g/mol. The van der Waals surface area contributed by atoms with Crippen LogP contribution in [0.3, 0.4) is 0 Å². The van der Waals surface area contributed by atoms with Gasteiger partial charge in [-0.25, -0.2) is 4.98 Å². The number of nitrogens with zero attached hydrogens (tertiary/aromatic N) is 2. The molecule has 1 aromatic heterocycles. The van der Waals surface area contributed by atoms with Crippen molar-refractivity contribution in [3.05, 3.63) is 12.0 Å². The van der Waals surface area contributed by atoms with Crippen molar-refractivity contribution in [3.63, 3.8) is 0 Å². The van der Waals surface area contributed by atoms with E-state index in [4.69, 9.17) is 10.8 Å². The Bertz CT molecular complexity index is 242. The molecule has 0 amide bonds. The van der Waals surface area contributed by atoms with E-state index in [1.54, 1.807) is 6.20 Å².